The van der Waals surface area contributed by atoms with Crippen molar-refractivity contribution < 1.29 is 13.5 Å². The summed E-state index contributed by atoms with van der Waals surface area (Å²) in [7, 11) is 1.39. The van der Waals surface area contributed by atoms with E-state index < -0.39 is 6.43 Å². The van der Waals surface area contributed by atoms with Gasteiger partial charge in [0.1, 0.15) is 3.70 Å². The normalized spacial score (nSPS) is 10.6. The number of rotatable bonds is 2. The van der Waals surface area contributed by atoms with Crippen LogP contribution < -0.4 is 4.74 Å². The number of halogens is 4. The van der Waals surface area contributed by atoms with Crippen LogP contribution in [-0.4, -0.2) is 12.1 Å². The van der Waals surface area contributed by atoms with Crippen molar-refractivity contribution in [2.75, 3.05) is 7.11 Å². The molecule has 0 atom stereocenters. The van der Waals surface area contributed by atoms with Crippen LogP contribution in [0, 0.1) is 3.70 Å². The average Bonchev–Trinajstić information content (AvgIpc) is 2.09. The van der Waals surface area contributed by atoms with Gasteiger partial charge in [-0.1, -0.05) is 0 Å². The first-order chi connectivity index (χ1) is 6.06. The zero-order chi connectivity index (χ0) is 10.0. The second-order valence-electron chi connectivity index (χ2n) is 2.16. The lowest BCUT2D eigenvalue weighted by Gasteiger charge is -2.07. The Morgan fingerprint density at radius 2 is 2.23 bits per heavy atom. The Hall–Kier alpha value is 0.0200. The summed E-state index contributed by atoms with van der Waals surface area (Å²) < 4.78 is 30.4. The molecule has 13 heavy (non-hydrogen) atoms. The van der Waals surface area contributed by atoms with E-state index in [4.69, 9.17) is 4.74 Å². The first-order valence-electron chi connectivity index (χ1n) is 3.24. The number of nitrogens with zero attached hydrogens (tertiary/aromatic N) is 1. The predicted molar refractivity (Wildman–Crippen MR) is 56.2 cm³/mol. The first kappa shape index (κ1) is 11.1. The van der Waals surface area contributed by atoms with E-state index in [1.54, 1.807) is 0 Å². The maximum atomic E-state index is 12.4. The third-order valence-corrected chi connectivity index (χ3v) is 3.72. The lowest BCUT2D eigenvalue weighted by atomic mass is 10.3. The Morgan fingerprint density at radius 1 is 1.62 bits per heavy atom. The molecule has 0 fully saturated rings. The molecule has 0 aliphatic heterocycles. The zero-order valence-electron chi connectivity index (χ0n) is 6.52. The molecule has 0 bridgehead atoms. The molecule has 6 heteroatoms. The molecule has 1 aromatic rings. The molecule has 0 saturated heterocycles. The molecule has 0 unspecified atom stereocenters. The van der Waals surface area contributed by atoms with Crippen molar-refractivity contribution in [3.63, 3.8) is 0 Å². The fraction of sp³-hybridized carbons (Fsp3) is 0.286. The SMILES string of the molecule is COc1cc(C(F)F)c(Br)c(I)n1. The Morgan fingerprint density at radius 3 is 2.69 bits per heavy atom. The van der Waals surface area contributed by atoms with Gasteiger partial charge < -0.3 is 4.74 Å². The summed E-state index contributed by atoms with van der Waals surface area (Å²) in [6.45, 7) is 0. The van der Waals surface area contributed by atoms with Gasteiger partial charge in [-0.3, -0.25) is 0 Å². The summed E-state index contributed by atoms with van der Waals surface area (Å²) in [4.78, 5) is 3.92. The molecule has 1 heterocycles. The second-order valence-corrected chi connectivity index (χ2v) is 3.97. The highest BCUT2D eigenvalue weighted by molar-refractivity contribution is 14.1. The van der Waals surface area contributed by atoms with E-state index in [0.29, 0.717) is 8.17 Å². The number of hydrogen-bond acceptors (Lipinski definition) is 2. The van der Waals surface area contributed by atoms with E-state index in [0.717, 1.165) is 0 Å². The van der Waals surface area contributed by atoms with E-state index >= 15 is 0 Å². The highest BCUT2D eigenvalue weighted by Crippen LogP contribution is 2.32. The lowest BCUT2D eigenvalue weighted by molar-refractivity contribution is 0.149. The number of hydrogen-bond donors (Lipinski definition) is 0. The van der Waals surface area contributed by atoms with Crippen molar-refractivity contribution in [3.8, 4) is 5.88 Å². The van der Waals surface area contributed by atoms with E-state index in [2.05, 4.69) is 20.9 Å². The van der Waals surface area contributed by atoms with Crippen LogP contribution >= 0.6 is 38.5 Å². The van der Waals surface area contributed by atoms with Gasteiger partial charge in [0, 0.05) is 11.6 Å². The van der Waals surface area contributed by atoms with Gasteiger partial charge in [-0.25, -0.2) is 13.8 Å². The topological polar surface area (TPSA) is 22.1 Å². The number of alkyl halides is 2. The summed E-state index contributed by atoms with van der Waals surface area (Å²) in [6, 6.07) is 1.22. The standard InChI is InChI=1S/C7H5BrF2INO/c1-13-4-2-3(6(9)10)5(8)7(11)12-4/h2,6H,1H3. The molecule has 0 radical (unpaired) electrons. The van der Waals surface area contributed by atoms with Crippen molar-refractivity contribution in [1.29, 1.82) is 0 Å². The van der Waals surface area contributed by atoms with E-state index in [-0.39, 0.29) is 11.4 Å². The fourth-order valence-electron chi connectivity index (χ4n) is 0.757. The van der Waals surface area contributed by atoms with Gasteiger partial charge >= 0.3 is 0 Å². The summed E-state index contributed by atoms with van der Waals surface area (Å²) >= 11 is 4.90. The monoisotopic (exact) mass is 363 g/mol. The molecule has 0 aliphatic rings. The zero-order valence-corrected chi connectivity index (χ0v) is 10.3. The van der Waals surface area contributed by atoms with E-state index in [1.165, 1.54) is 13.2 Å². The fourth-order valence-corrected chi connectivity index (χ4v) is 1.68. The number of pyridine rings is 1. The Kier molecular flexibility index (Phi) is 3.84. The van der Waals surface area contributed by atoms with Gasteiger partial charge in [0.05, 0.1) is 11.6 Å². The molecule has 2 nitrogen and oxygen atoms in total. The molecule has 0 N–H and O–H groups in total. The van der Waals surface area contributed by atoms with Crippen LogP contribution in [0.1, 0.15) is 12.0 Å². The smallest absolute Gasteiger partial charge is 0.265 e. The summed E-state index contributed by atoms with van der Waals surface area (Å²) in [6.07, 6.45) is -2.53. The summed E-state index contributed by atoms with van der Waals surface area (Å²) in [5.41, 5.74) is -0.101. The van der Waals surface area contributed by atoms with Crippen LogP contribution in [0.3, 0.4) is 0 Å². The van der Waals surface area contributed by atoms with E-state index in [1.807, 2.05) is 22.6 Å². The first-order valence-corrected chi connectivity index (χ1v) is 5.11. The number of methoxy groups -OCH3 is 1. The minimum atomic E-state index is -2.53. The van der Waals surface area contributed by atoms with Gasteiger partial charge in [0.25, 0.3) is 6.43 Å². The molecular formula is C7H5BrF2INO. The van der Waals surface area contributed by atoms with Crippen molar-refractivity contribution >= 4 is 38.5 Å². The quantitative estimate of drug-likeness (QED) is 0.593. The third kappa shape index (κ3) is 2.49. The average molecular weight is 364 g/mol. The van der Waals surface area contributed by atoms with Gasteiger partial charge in [0.2, 0.25) is 5.88 Å². The van der Waals surface area contributed by atoms with Gasteiger partial charge in [0.15, 0.2) is 0 Å². The predicted octanol–water partition coefficient (Wildman–Crippen LogP) is 3.39. The van der Waals surface area contributed by atoms with Crippen LogP contribution in [0.15, 0.2) is 10.5 Å². The summed E-state index contributed by atoms with van der Waals surface area (Å²) in [5.74, 6) is 0.197. The molecule has 0 saturated carbocycles. The highest BCUT2D eigenvalue weighted by atomic mass is 127. The molecular weight excluding hydrogens is 359 g/mol. The molecule has 0 aliphatic carbocycles. The molecule has 0 amide bonds. The number of aromatic nitrogens is 1. The minimum absolute atomic E-state index is 0.101. The molecule has 0 spiro atoms. The Labute approximate surface area is 96.0 Å². The summed E-state index contributed by atoms with van der Waals surface area (Å²) in [5, 5.41) is 0. The maximum absolute atomic E-state index is 12.4. The van der Waals surface area contributed by atoms with Crippen LogP contribution in [0.25, 0.3) is 0 Å². The van der Waals surface area contributed by atoms with Gasteiger partial charge in [-0.2, -0.15) is 0 Å². The molecule has 0 aromatic carbocycles. The van der Waals surface area contributed by atoms with Crippen molar-refractivity contribution in [1.82, 2.24) is 4.98 Å². The van der Waals surface area contributed by atoms with Crippen LogP contribution in [-0.2, 0) is 0 Å². The molecule has 1 rings (SSSR count). The largest absolute Gasteiger partial charge is 0.481 e. The second kappa shape index (κ2) is 4.50. The van der Waals surface area contributed by atoms with Gasteiger partial charge in [-0.15, -0.1) is 0 Å². The Balaban J connectivity index is 3.25. The van der Waals surface area contributed by atoms with Crippen LogP contribution in [0.5, 0.6) is 5.88 Å². The van der Waals surface area contributed by atoms with Gasteiger partial charge in [-0.05, 0) is 38.5 Å². The van der Waals surface area contributed by atoms with Crippen molar-refractivity contribution in [2.24, 2.45) is 0 Å². The third-order valence-electron chi connectivity index (χ3n) is 1.37. The maximum Gasteiger partial charge on any atom is 0.265 e. The van der Waals surface area contributed by atoms with Crippen molar-refractivity contribution in [3.05, 3.63) is 19.8 Å². The minimum Gasteiger partial charge on any atom is -0.481 e. The number of ether oxygens (including phenoxy) is 1. The molecule has 72 valence electrons. The van der Waals surface area contributed by atoms with Crippen LogP contribution in [0.2, 0.25) is 0 Å². The van der Waals surface area contributed by atoms with Crippen molar-refractivity contribution in [2.45, 2.75) is 6.43 Å². The van der Waals surface area contributed by atoms with E-state index in [9.17, 15) is 8.78 Å². The highest BCUT2D eigenvalue weighted by Gasteiger charge is 2.16. The van der Waals surface area contributed by atoms with Crippen LogP contribution in [0.4, 0.5) is 8.78 Å². The Bertz CT molecular complexity index is 322. The molecule has 1 aromatic heterocycles. The lowest BCUT2D eigenvalue weighted by Crippen LogP contribution is -1.96.